The van der Waals surface area contributed by atoms with E-state index in [2.05, 4.69) is 5.32 Å². The number of phenols is 1. The van der Waals surface area contributed by atoms with E-state index in [1.165, 1.54) is 17.0 Å². The first-order chi connectivity index (χ1) is 13.9. The SMILES string of the molecule is COc1ccc(N2CC(C(=O)NC(Cc3ccc(O)cc3)C(=O)O)CC2=O)cc1. The fourth-order valence-electron chi connectivity index (χ4n) is 3.25. The van der Waals surface area contributed by atoms with Gasteiger partial charge in [-0.3, -0.25) is 9.59 Å². The van der Waals surface area contributed by atoms with Gasteiger partial charge in [-0.1, -0.05) is 12.1 Å². The highest BCUT2D eigenvalue weighted by Gasteiger charge is 2.36. The van der Waals surface area contributed by atoms with Crippen molar-refractivity contribution in [2.24, 2.45) is 5.92 Å². The van der Waals surface area contributed by atoms with Crippen molar-refractivity contribution in [2.75, 3.05) is 18.6 Å². The topological polar surface area (TPSA) is 116 Å². The van der Waals surface area contributed by atoms with Crippen molar-refractivity contribution in [1.82, 2.24) is 5.32 Å². The predicted molar refractivity (Wildman–Crippen MR) is 105 cm³/mol. The fourth-order valence-corrected chi connectivity index (χ4v) is 3.25. The summed E-state index contributed by atoms with van der Waals surface area (Å²) in [7, 11) is 1.55. The summed E-state index contributed by atoms with van der Waals surface area (Å²) in [4.78, 5) is 38.1. The number of benzene rings is 2. The molecule has 3 N–H and O–H groups in total. The summed E-state index contributed by atoms with van der Waals surface area (Å²) in [5.41, 5.74) is 1.32. The summed E-state index contributed by atoms with van der Waals surface area (Å²) in [5, 5.41) is 21.3. The number of anilines is 1. The molecule has 1 aliphatic rings. The van der Waals surface area contributed by atoms with E-state index in [9.17, 15) is 24.6 Å². The van der Waals surface area contributed by atoms with Gasteiger partial charge in [0.1, 0.15) is 17.5 Å². The smallest absolute Gasteiger partial charge is 0.326 e. The lowest BCUT2D eigenvalue weighted by Crippen LogP contribution is -2.45. The molecule has 3 rings (SSSR count). The lowest BCUT2D eigenvalue weighted by molar-refractivity contribution is -0.142. The molecule has 152 valence electrons. The number of carboxylic acid groups (broad SMARTS) is 1. The van der Waals surface area contributed by atoms with Crippen LogP contribution in [0.2, 0.25) is 0 Å². The summed E-state index contributed by atoms with van der Waals surface area (Å²) in [6, 6.07) is 11.9. The van der Waals surface area contributed by atoms with Crippen LogP contribution in [-0.4, -0.2) is 47.7 Å². The molecule has 1 heterocycles. The van der Waals surface area contributed by atoms with Crippen molar-refractivity contribution < 1.29 is 29.3 Å². The molecule has 2 atom stereocenters. The van der Waals surface area contributed by atoms with Crippen LogP contribution in [0.3, 0.4) is 0 Å². The zero-order chi connectivity index (χ0) is 21.0. The third-order valence-electron chi connectivity index (χ3n) is 4.87. The molecule has 0 radical (unpaired) electrons. The number of amides is 2. The van der Waals surface area contributed by atoms with Gasteiger partial charge in [-0.2, -0.15) is 0 Å². The first kappa shape index (κ1) is 20.2. The van der Waals surface area contributed by atoms with Crippen LogP contribution in [0.5, 0.6) is 11.5 Å². The van der Waals surface area contributed by atoms with Crippen LogP contribution in [0.25, 0.3) is 0 Å². The first-order valence-electron chi connectivity index (χ1n) is 9.13. The predicted octanol–water partition coefficient (Wildman–Crippen LogP) is 1.57. The van der Waals surface area contributed by atoms with Gasteiger partial charge in [0.15, 0.2) is 0 Å². The summed E-state index contributed by atoms with van der Waals surface area (Å²) in [5.74, 6) is -1.73. The normalized spacial score (nSPS) is 17.1. The van der Waals surface area contributed by atoms with Crippen molar-refractivity contribution in [3.05, 3.63) is 54.1 Å². The molecule has 2 aromatic carbocycles. The molecular formula is C21H22N2O6. The second kappa shape index (κ2) is 8.64. The van der Waals surface area contributed by atoms with E-state index in [0.29, 0.717) is 17.0 Å². The van der Waals surface area contributed by atoms with Gasteiger partial charge < -0.3 is 25.2 Å². The van der Waals surface area contributed by atoms with E-state index in [0.717, 1.165) is 0 Å². The second-order valence-electron chi connectivity index (χ2n) is 6.87. The molecule has 0 aliphatic carbocycles. The van der Waals surface area contributed by atoms with Gasteiger partial charge in [0.25, 0.3) is 0 Å². The molecule has 2 unspecified atom stereocenters. The first-order valence-corrected chi connectivity index (χ1v) is 9.13. The van der Waals surface area contributed by atoms with Crippen molar-refractivity contribution >= 4 is 23.5 Å². The van der Waals surface area contributed by atoms with Crippen LogP contribution in [0.4, 0.5) is 5.69 Å². The number of hydrogen-bond donors (Lipinski definition) is 3. The number of nitrogens with zero attached hydrogens (tertiary/aromatic N) is 1. The Balaban J connectivity index is 1.64. The molecule has 29 heavy (non-hydrogen) atoms. The van der Waals surface area contributed by atoms with Crippen LogP contribution in [0.1, 0.15) is 12.0 Å². The van der Waals surface area contributed by atoms with E-state index in [-0.39, 0.29) is 31.0 Å². The number of phenolic OH excluding ortho intramolecular Hbond substituents is 1. The number of hydrogen-bond acceptors (Lipinski definition) is 5. The van der Waals surface area contributed by atoms with E-state index in [1.54, 1.807) is 43.5 Å². The average molecular weight is 398 g/mol. The molecule has 0 bridgehead atoms. The Morgan fingerprint density at radius 1 is 1.17 bits per heavy atom. The minimum Gasteiger partial charge on any atom is -0.508 e. The molecule has 1 aliphatic heterocycles. The standard InChI is InChI=1S/C21H22N2O6/c1-29-17-8-4-15(5-9-17)23-12-14(11-19(23)25)20(26)22-18(21(27)28)10-13-2-6-16(24)7-3-13/h2-9,14,18,24H,10-12H2,1H3,(H,22,26)(H,27,28). The second-order valence-corrected chi connectivity index (χ2v) is 6.87. The molecule has 2 amide bonds. The van der Waals surface area contributed by atoms with Crippen LogP contribution < -0.4 is 15.0 Å². The Morgan fingerprint density at radius 3 is 2.41 bits per heavy atom. The van der Waals surface area contributed by atoms with Gasteiger partial charge in [-0.05, 0) is 42.0 Å². The Bertz CT molecular complexity index is 894. The zero-order valence-corrected chi connectivity index (χ0v) is 15.9. The number of aliphatic carboxylic acids is 1. The molecule has 2 aromatic rings. The number of carboxylic acids is 1. The number of carbonyl (C=O) groups excluding carboxylic acids is 2. The highest BCUT2D eigenvalue weighted by atomic mass is 16.5. The molecule has 0 spiro atoms. The number of methoxy groups -OCH3 is 1. The highest BCUT2D eigenvalue weighted by Crippen LogP contribution is 2.27. The monoisotopic (exact) mass is 398 g/mol. The number of nitrogens with one attached hydrogen (secondary N) is 1. The lowest BCUT2D eigenvalue weighted by Gasteiger charge is -2.19. The number of aromatic hydroxyl groups is 1. The van der Waals surface area contributed by atoms with Gasteiger partial charge >= 0.3 is 5.97 Å². The van der Waals surface area contributed by atoms with E-state index in [1.807, 2.05) is 0 Å². The van der Waals surface area contributed by atoms with E-state index >= 15 is 0 Å². The van der Waals surface area contributed by atoms with Gasteiger partial charge in [0.2, 0.25) is 11.8 Å². The number of ether oxygens (including phenoxy) is 1. The van der Waals surface area contributed by atoms with Crippen LogP contribution >= 0.6 is 0 Å². The maximum absolute atomic E-state index is 12.6. The van der Waals surface area contributed by atoms with Gasteiger partial charge in [0.05, 0.1) is 13.0 Å². The Morgan fingerprint density at radius 2 is 1.83 bits per heavy atom. The maximum Gasteiger partial charge on any atom is 0.326 e. The molecule has 8 nitrogen and oxygen atoms in total. The summed E-state index contributed by atoms with van der Waals surface area (Å²) in [6.07, 6.45) is 0.0909. The van der Waals surface area contributed by atoms with Gasteiger partial charge in [-0.25, -0.2) is 4.79 Å². The third kappa shape index (κ3) is 4.84. The maximum atomic E-state index is 12.6. The molecule has 8 heteroatoms. The largest absolute Gasteiger partial charge is 0.508 e. The van der Waals surface area contributed by atoms with Crippen LogP contribution in [0.15, 0.2) is 48.5 Å². The van der Waals surface area contributed by atoms with Crippen molar-refractivity contribution in [3.63, 3.8) is 0 Å². The molecule has 1 fully saturated rings. The Kier molecular flexibility index (Phi) is 6.01. The summed E-state index contributed by atoms with van der Waals surface area (Å²) in [6.45, 7) is 0.183. The molecule has 0 saturated carbocycles. The fraction of sp³-hybridized carbons (Fsp3) is 0.286. The minimum absolute atomic E-state index is 0.0173. The summed E-state index contributed by atoms with van der Waals surface area (Å²) < 4.78 is 5.10. The van der Waals surface area contributed by atoms with Crippen molar-refractivity contribution in [1.29, 1.82) is 0 Å². The third-order valence-corrected chi connectivity index (χ3v) is 4.87. The van der Waals surface area contributed by atoms with Crippen molar-refractivity contribution in [2.45, 2.75) is 18.9 Å². The van der Waals surface area contributed by atoms with Crippen molar-refractivity contribution in [3.8, 4) is 11.5 Å². The lowest BCUT2D eigenvalue weighted by atomic mass is 10.0. The van der Waals surface area contributed by atoms with Crippen LogP contribution in [-0.2, 0) is 20.8 Å². The highest BCUT2D eigenvalue weighted by molar-refractivity contribution is 6.00. The molecular weight excluding hydrogens is 376 g/mol. The minimum atomic E-state index is -1.16. The van der Waals surface area contributed by atoms with Crippen LogP contribution in [0, 0.1) is 5.92 Å². The number of carbonyl (C=O) groups is 3. The zero-order valence-electron chi connectivity index (χ0n) is 15.9. The van der Waals surface area contributed by atoms with E-state index < -0.39 is 23.8 Å². The summed E-state index contributed by atoms with van der Waals surface area (Å²) >= 11 is 0. The Labute approximate surface area is 167 Å². The Hall–Kier alpha value is -3.55. The quantitative estimate of drug-likeness (QED) is 0.652. The van der Waals surface area contributed by atoms with Gasteiger partial charge in [-0.15, -0.1) is 0 Å². The van der Waals surface area contributed by atoms with Gasteiger partial charge in [0, 0.05) is 25.1 Å². The average Bonchev–Trinajstić information content (AvgIpc) is 3.11. The van der Waals surface area contributed by atoms with E-state index in [4.69, 9.17) is 4.74 Å². The molecule has 0 aromatic heterocycles. The number of rotatable bonds is 7. The molecule has 1 saturated heterocycles.